The van der Waals surface area contributed by atoms with E-state index in [1.165, 1.54) is 22.3 Å². The number of rotatable bonds is 6. The molecule has 0 N–H and O–H groups in total. The smallest absolute Gasteiger partial charge is 0.126 e. The number of ether oxygens (including phenoxy) is 1. The van der Waals surface area contributed by atoms with Crippen molar-refractivity contribution >= 4 is 15.9 Å². The third-order valence-electron chi connectivity index (χ3n) is 4.41. The average molecular weight is 389 g/mol. The van der Waals surface area contributed by atoms with E-state index in [0.717, 1.165) is 10.2 Å². The van der Waals surface area contributed by atoms with Gasteiger partial charge in [-0.15, -0.1) is 0 Å². The fraction of sp³-hybridized carbons (Fsp3) is 0.455. The molecule has 0 spiro atoms. The first-order valence-corrected chi connectivity index (χ1v) is 9.64. The van der Waals surface area contributed by atoms with E-state index < -0.39 is 0 Å². The summed E-state index contributed by atoms with van der Waals surface area (Å²) >= 11 is 3.62. The van der Waals surface area contributed by atoms with Crippen LogP contribution in [0.3, 0.4) is 0 Å². The summed E-state index contributed by atoms with van der Waals surface area (Å²) in [5.41, 5.74) is 5.21. The van der Waals surface area contributed by atoms with Crippen LogP contribution in [-0.2, 0) is 6.61 Å². The van der Waals surface area contributed by atoms with Gasteiger partial charge in [0.25, 0.3) is 0 Å². The van der Waals surface area contributed by atoms with E-state index in [9.17, 15) is 0 Å². The van der Waals surface area contributed by atoms with E-state index in [-0.39, 0.29) is 0 Å². The predicted molar refractivity (Wildman–Crippen MR) is 107 cm³/mol. The minimum atomic E-state index is 0.440. The maximum Gasteiger partial charge on any atom is 0.126 e. The molecule has 24 heavy (non-hydrogen) atoms. The molecule has 0 fully saturated rings. The zero-order valence-electron chi connectivity index (χ0n) is 15.7. The van der Waals surface area contributed by atoms with Crippen LogP contribution < -0.4 is 4.74 Å². The Hall–Kier alpha value is -1.28. The first kappa shape index (κ1) is 19.1. The van der Waals surface area contributed by atoms with Crippen LogP contribution in [0.4, 0.5) is 0 Å². The van der Waals surface area contributed by atoms with Crippen LogP contribution in [0.15, 0.2) is 40.9 Å². The van der Waals surface area contributed by atoms with Gasteiger partial charge in [-0.25, -0.2) is 0 Å². The summed E-state index contributed by atoms with van der Waals surface area (Å²) in [5.74, 6) is 2.48. The van der Waals surface area contributed by atoms with E-state index in [2.05, 4.69) is 87.8 Å². The maximum atomic E-state index is 6.36. The highest BCUT2D eigenvalue weighted by molar-refractivity contribution is 9.10. The lowest BCUT2D eigenvalue weighted by atomic mass is 9.88. The molecule has 0 atom stereocenters. The molecule has 0 saturated carbocycles. The molecule has 0 heterocycles. The predicted octanol–water partition coefficient (Wildman–Crippen LogP) is 7.40. The molecule has 0 bridgehead atoms. The first-order valence-electron chi connectivity index (χ1n) is 8.85. The van der Waals surface area contributed by atoms with E-state index in [0.29, 0.717) is 24.4 Å². The Kier molecular flexibility index (Phi) is 6.51. The standard InChI is InChI=1S/C22H29BrO/c1-14(2)18-11-19(15(3)4)22(20(12-18)16(5)6)24-13-17-9-7-8-10-21(17)23/h7-12,14-16H,13H2,1-6H3. The molecule has 0 aliphatic carbocycles. The van der Waals surface area contributed by atoms with Gasteiger partial charge in [0.05, 0.1) is 0 Å². The Morgan fingerprint density at radius 1 is 0.833 bits per heavy atom. The van der Waals surface area contributed by atoms with Gasteiger partial charge in [0, 0.05) is 10.0 Å². The third-order valence-corrected chi connectivity index (χ3v) is 5.18. The number of benzene rings is 2. The third kappa shape index (κ3) is 4.42. The molecule has 2 heteroatoms. The SMILES string of the molecule is CC(C)c1cc(C(C)C)c(OCc2ccccc2Br)c(C(C)C)c1. The Morgan fingerprint density at radius 2 is 1.38 bits per heavy atom. The Bertz CT molecular complexity index is 657. The first-order chi connectivity index (χ1) is 11.3. The zero-order chi connectivity index (χ0) is 17.9. The molecule has 130 valence electrons. The molecule has 0 radical (unpaired) electrons. The summed E-state index contributed by atoms with van der Waals surface area (Å²) in [5, 5.41) is 0. The lowest BCUT2D eigenvalue weighted by Gasteiger charge is -2.23. The highest BCUT2D eigenvalue weighted by Gasteiger charge is 2.18. The summed E-state index contributed by atoms with van der Waals surface area (Å²) in [6.45, 7) is 14.1. The fourth-order valence-electron chi connectivity index (χ4n) is 2.82. The normalized spacial score (nSPS) is 11.6. The average Bonchev–Trinajstić information content (AvgIpc) is 2.53. The van der Waals surface area contributed by atoms with Gasteiger partial charge in [0.1, 0.15) is 12.4 Å². The van der Waals surface area contributed by atoms with Gasteiger partial charge in [0.15, 0.2) is 0 Å². The van der Waals surface area contributed by atoms with Gasteiger partial charge in [-0.1, -0.05) is 87.8 Å². The number of hydrogen-bond donors (Lipinski definition) is 0. The van der Waals surface area contributed by atoms with Crippen LogP contribution >= 0.6 is 15.9 Å². The molecule has 0 aliphatic heterocycles. The molecule has 1 nitrogen and oxygen atoms in total. The minimum absolute atomic E-state index is 0.440. The summed E-state index contributed by atoms with van der Waals surface area (Å²) in [6, 6.07) is 12.9. The molecule has 0 aromatic heterocycles. The minimum Gasteiger partial charge on any atom is -0.488 e. The highest BCUT2D eigenvalue weighted by Crippen LogP contribution is 2.38. The zero-order valence-corrected chi connectivity index (χ0v) is 17.3. The van der Waals surface area contributed by atoms with E-state index in [1.54, 1.807) is 0 Å². The van der Waals surface area contributed by atoms with Crippen molar-refractivity contribution in [2.24, 2.45) is 0 Å². The van der Waals surface area contributed by atoms with Gasteiger partial charge in [0.2, 0.25) is 0 Å². The van der Waals surface area contributed by atoms with Crippen LogP contribution in [-0.4, -0.2) is 0 Å². The van der Waals surface area contributed by atoms with Crippen molar-refractivity contribution in [1.29, 1.82) is 0 Å². The van der Waals surface area contributed by atoms with Gasteiger partial charge in [-0.3, -0.25) is 0 Å². The quantitative estimate of drug-likeness (QED) is 0.500. The summed E-state index contributed by atoms with van der Waals surface area (Å²) < 4.78 is 7.46. The summed E-state index contributed by atoms with van der Waals surface area (Å²) in [4.78, 5) is 0. The van der Waals surface area contributed by atoms with Crippen molar-refractivity contribution in [2.75, 3.05) is 0 Å². The largest absolute Gasteiger partial charge is 0.488 e. The Labute approximate surface area is 155 Å². The van der Waals surface area contributed by atoms with Crippen molar-refractivity contribution < 1.29 is 4.74 Å². The molecule has 0 unspecified atom stereocenters. The second-order valence-electron chi connectivity index (χ2n) is 7.37. The van der Waals surface area contributed by atoms with Crippen LogP contribution in [0, 0.1) is 0 Å². The van der Waals surface area contributed by atoms with Crippen molar-refractivity contribution in [1.82, 2.24) is 0 Å². The Balaban J connectivity index is 2.44. The summed E-state index contributed by atoms with van der Waals surface area (Å²) in [7, 11) is 0. The van der Waals surface area contributed by atoms with E-state index >= 15 is 0 Å². The molecule has 2 rings (SSSR count). The van der Waals surface area contributed by atoms with E-state index in [4.69, 9.17) is 4.74 Å². The summed E-state index contributed by atoms with van der Waals surface area (Å²) in [6.07, 6.45) is 0. The van der Waals surface area contributed by atoms with Gasteiger partial charge >= 0.3 is 0 Å². The lowest BCUT2D eigenvalue weighted by molar-refractivity contribution is 0.296. The molecule has 2 aromatic rings. The van der Waals surface area contributed by atoms with Crippen LogP contribution in [0.25, 0.3) is 0 Å². The molecular weight excluding hydrogens is 360 g/mol. The van der Waals surface area contributed by atoms with Crippen molar-refractivity contribution in [3.63, 3.8) is 0 Å². The van der Waals surface area contributed by atoms with Crippen molar-refractivity contribution in [3.05, 3.63) is 63.1 Å². The van der Waals surface area contributed by atoms with Crippen LogP contribution in [0.5, 0.6) is 5.75 Å². The topological polar surface area (TPSA) is 9.23 Å². The molecule has 0 amide bonds. The molecule has 0 saturated heterocycles. The fourth-order valence-corrected chi connectivity index (χ4v) is 3.22. The molecule has 2 aromatic carbocycles. The van der Waals surface area contributed by atoms with Crippen LogP contribution in [0.1, 0.15) is 81.5 Å². The maximum absolute atomic E-state index is 6.36. The second kappa shape index (κ2) is 8.20. The van der Waals surface area contributed by atoms with Gasteiger partial charge in [-0.05, 0) is 40.5 Å². The monoisotopic (exact) mass is 388 g/mol. The van der Waals surface area contributed by atoms with Gasteiger partial charge in [-0.2, -0.15) is 0 Å². The van der Waals surface area contributed by atoms with Crippen molar-refractivity contribution in [3.8, 4) is 5.75 Å². The number of halogens is 1. The Morgan fingerprint density at radius 3 is 1.83 bits per heavy atom. The van der Waals surface area contributed by atoms with Crippen LogP contribution in [0.2, 0.25) is 0 Å². The van der Waals surface area contributed by atoms with E-state index in [1.807, 2.05) is 6.07 Å². The number of hydrogen-bond acceptors (Lipinski definition) is 1. The lowest BCUT2D eigenvalue weighted by Crippen LogP contribution is -2.07. The molecular formula is C22H29BrO. The van der Waals surface area contributed by atoms with Gasteiger partial charge < -0.3 is 4.74 Å². The van der Waals surface area contributed by atoms with Crippen molar-refractivity contribution in [2.45, 2.75) is 65.9 Å². The highest BCUT2D eigenvalue weighted by atomic mass is 79.9. The second-order valence-corrected chi connectivity index (χ2v) is 8.23. The molecule has 0 aliphatic rings.